The van der Waals surface area contributed by atoms with Gasteiger partial charge in [0.15, 0.2) is 0 Å². The normalized spacial score (nSPS) is 12.2. The molecule has 0 amide bonds. The fraction of sp³-hybridized carbons (Fsp3) is 0.462. The van der Waals surface area contributed by atoms with E-state index in [9.17, 15) is 13.2 Å². The molecule has 21 heavy (non-hydrogen) atoms. The maximum atomic E-state index is 11.9. The largest absolute Gasteiger partial charge is 0.460 e. The summed E-state index contributed by atoms with van der Waals surface area (Å²) in [5.41, 5.74) is -0.398. The molecule has 0 radical (unpaired) electrons. The van der Waals surface area contributed by atoms with Crippen molar-refractivity contribution in [3.63, 3.8) is 0 Å². The minimum Gasteiger partial charge on any atom is -0.460 e. The van der Waals surface area contributed by atoms with Crippen LogP contribution in [0.2, 0.25) is 5.02 Å². The summed E-state index contributed by atoms with van der Waals surface area (Å²) in [5, 5.41) is 0.0841. The van der Waals surface area contributed by atoms with Crippen molar-refractivity contribution < 1.29 is 22.7 Å². The van der Waals surface area contributed by atoms with Gasteiger partial charge in [0, 0.05) is 10.7 Å². The fourth-order valence-electron chi connectivity index (χ4n) is 1.37. The van der Waals surface area contributed by atoms with E-state index in [1.807, 2.05) is 20.8 Å². The third kappa shape index (κ3) is 6.22. The lowest BCUT2D eigenvalue weighted by Gasteiger charge is -2.19. The Bertz CT molecular complexity index is 620. The van der Waals surface area contributed by atoms with E-state index in [1.165, 1.54) is 12.1 Å². The van der Waals surface area contributed by atoms with Crippen LogP contribution in [0.4, 0.5) is 0 Å². The van der Waals surface area contributed by atoms with Crippen LogP contribution >= 0.6 is 22.3 Å². The molecule has 0 unspecified atom stereocenters. The molecule has 0 aromatic heterocycles. The molecular weight excluding hydrogens is 339 g/mol. The Labute approximate surface area is 133 Å². The van der Waals surface area contributed by atoms with Crippen molar-refractivity contribution in [2.45, 2.75) is 31.3 Å². The summed E-state index contributed by atoms with van der Waals surface area (Å²) in [5.74, 6) is -0.736. The second-order valence-corrected chi connectivity index (χ2v) is 8.15. The predicted molar refractivity (Wildman–Crippen MR) is 80.5 cm³/mol. The molecule has 0 fully saturated rings. The Kier molecular flexibility index (Phi) is 6.04. The van der Waals surface area contributed by atoms with E-state index < -0.39 is 15.0 Å². The Morgan fingerprint density at radius 2 is 1.86 bits per heavy atom. The Morgan fingerprint density at radius 1 is 1.24 bits per heavy atom. The standard InChI is InChI=1S/C13H16Cl2O5S/c1-13(2,3)20-7-6-19-12(16)10-8-9(21(15,17)18)4-5-11(10)14/h4-5,8H,6-7H2,1-3H3. The molecule has 0 aliphatic carbocycles. The van der Waals surface area contributed by atoms with Gasteiger partial charge in [0.2, 0.25) is 0 Å². The minimum atomic E-state index is -3.94. The van der Waals surface area contributed by atoms with Gasteiger partial charge in [-0.15, -0.1) is 0 Å². The summed E-state index contributed by atoms with van der Waals surface area (Å²) in [4.78, 5) is 11.7. The first-order valence-electron chi connectivity index (χ1n) is 6.06. The molecule has 0 saturated carbocycles. The summed E-state index contributed by atoms with van der Waals surface area (Å²) in [6.07, 6.45) is 0. The Morgan fingerprint density at radius 3 is 2.38 bits per heavy atom. The average molecular weight is 355 g/mol. The molecule has 118 valence electrons. The van der Waals surface area contributed by atoms with E-state index in [4.69, 9.17) is 31.8 Å². The monoisotopic (exact) mass is 354 g/mol. The van der Waals surface area contributed by atoms with Gasteiger partial charge in [-0.1, -0.05) is 11.6 Å². The number of hydrogen-bond donors (Lipinski definition) is 0. The number of carbonyl (C=O) groups excluding carboxylic acids is 1. The van der Waals surface area contributed by atoms with E-state index in [-0.39, 0.29) is 34.3 Å². The zero-order chi connectivity index (χ0) is 16.3. The van der Waals surface area contributed by atoms with Crippen LogP contribution in [0.1, 0.15) is 31.1 Å². The highest BCUT2D eigenvalue weighted by molar-refractivity contribution is 8.13. The molecule has 0 spiro atoms. The second kappa shape index (κ2) is 6.96. The minimum absolute atomic E-state index is 0.0320. The van der Waals surface area contributed by atoms with Crippen molar-refractivity contribution in [3.8, 4) is 0 Å². The van der Waals surface area contributed by atoms with Crippen molar-refractivity contribution in [2.24, 2.45) is 0 Å². The van der Waals surface area contributed by atoms with Crippen molar-refractivity contribution in [1.82, 2.24) is 0 Å². The van der Waals surface area contributed by atoms with Gasteiger partial charge in [-0.3, -0.25) is 0 Å². The summed E-state index contributed by atoms with van der Waals surface area (Å²) in [6, 6.07) is 3.57. The summed E-state index contributed by atoms with van der Waals surface area (Å²) >= 11 is 5.86. The maximum absolute atomic E-state index is 11.9. The summed E-state index contributed by atoms with van der Waals surface area (Å²) in [6.45, 7) is 5.88. The number of carbonyl (C=O) groups is 1. The first-order chi connectivity index (χ1) is 9.50. The molecule has 0 bridgehead atoms. The molecular formula is C13H16Cl2O5S. The first kappa shape index (κ1) is 18.2. The van der Waals surface area contributed by atoms with Crippen LogP contribution in [0.25, 0.3) is 0 Å². The lowest BCUT2D eigenvalue weighted by Crippen LogP contribution is -2.22. The third-order valence-corrected chi connectivity index (χ3v) is 3.97. The smallest absolute Gasteiger partial charge is 0.339 e. The molecule has 0 atom stereocenters. The molecule has 5 nitrogen and oxygen atoms in total. The number of rotatable bonds is 5. The van der Waals surface area contributed by atoms with E-state index in [0.717, 1.165) is 6.07 Å². The molecule has 0 saturated heterocycles. The zero-order valence-electron chi connectivity index (χ0n) is 11.9. The van der Waals surface area contributed by atoms with Crippen LogP contribution in [-0.4, -0.2) is 33.2 Å². The molecule has 0 aliphatic heterocycles. The molecule has 0 N–H and O–H groups in total. The van der Waals surface area contributed by atoms with Crippen molar-refractivity contribution in [1.29, 1.82) is 0 Å². The molecule has 0 aliphatic rings. The van der Waals surface area contributed by atoms with E-state index in [2.05, 4.69) is 0 Å². The van der Waals surface area contributed by atoms with Crippen LogP contribution < -0.4 is 0 Å². The van der Waals surface area contributed by atoms with Crippen LogP contribution in [0.15, 0.2) is 23.1 Å². The fourth-order valence-corrected chi connectivity index (χ4v) is 2.34. The Hall–Kier alpha value is -0.820. The van der Waals surface area contributed by atoms with E-state index in [0.29, 0.717) is 0 Å². The summed E-state index contributed by atoms with van der Waals surface area (Å²) in [7, 11) is 1.28. The average Bonchev–Trinajstić information content (AvgIpc) is 2.32. The molecule has 0 heterocycles. The van der Waals surface area contributed by atoms with E-state index in [1.54, 1.807) is 0 Å². The highest BCUT2D eigenvalue weighted by Gasteiger charge is 2.18. The highest BCUT2D eigenvalue weighted by atomic mass is 35.7. The molecule has 1 aromatic rings. The van der Waals surface area contributed by atoms with Gasteiger partial charge < -0.3 is 9.47 Å². The van der Waals surface area contributed by atoms with Gasteiger partial charge in [0.25, 0.3) is 9.05 Å². The van der Waals surface area contributed by atoms with Crippen molar-refractivity contribution in [2.75, 3.05) is 13.2 Å². The number of halogens is 2. The van der Waals surface area contributed by atoms with Crippen molar-refractivity contribution >= 4 is 37.3 Å². The molecule has 1 rings (SSSR count). The predicted octanol–water partition coefficient (Wildman–Crippen LogP) is 3.24. The van der Waals surface area contributed by atoms with Crippen LogP contribution in [0, 0.1) is 0 Å². The first-order valence-corrected chi connectivity index (χ1v) is 8.75. The second-order valence-electron chi connectivity index (χ2n) is 5.18. The number of esters is 1. The van der Waals surface area contributed by atoms with Crippen LogP contribution in [0.5, 0.6) is 0 Å². The van der Waals surface area contributed by atoms with Crippen LogP contribution in [0.3, 0.4) is 0 Å². The molecule has 8 heteroatoms. The van der Waals surface area contributed by atoms with Gasteiger partial charge >= 0.3 is 5.97 Å². The van der Waals surface area contributed by atoms with Gasteiger partial charge in [0.1, 0.15) is 6.61 Å². The van der Waals surface area contributed by atoms with Crippen LogP contribution in [-0.2, 0) is 18.5 Å². The third-order valence-electron chi connectivity index (χ3n) is 2.29. The van der Waals surface area contributed by atoms with Crippen molar-refractivity contribution in [3.05, 3.63) is 28.8 Å². The van der Waals surface area contributed by atoms with E-state index >= 15 is 0 Å². The van der Waals surface area contributed by atoms with Gasteiger partial charge in [-0.25, -0.2) is 13.2 Å². The van der Waals surface area contributed by atoms with Gasteiger partial charge in [0.05, 0.1) is 27.7 Å². The number of benzene rings is 1. The quantitative estimate of drug-likeness (QED) is 0.461. The maximum Gasteiger partial charge on any atom is 0.339 e. The SMILES string of the molecule is CC(C)(C)OCCOC(=O)c1cc(S(=O)(=O)Cl)ccc1Cl. The lowest BCUT2D eigenvalue weighted by atomic mass is 10.2. The number of hydrogen-bond acceptors (Lipinski definition) is 5. The summed E-state index contributed by atoms with van der Waals surface area (Å²) < 4.78 is 32.9. The molecule has 1 aromatic carbocycles. The zero-order valence-corrected chi connectivity index (χ0v) is 14.2. The Balaban J connectivity index is 2.74. The van der Waals surface area contributed by atoms with Gasteiger partial charge in [-0.05, 0) is 39.0 Å². The topological polar surface area (TPSA) is 69.7 Å². The highest BCUT2D eigenvalue weighted by Crippen LogP contribution is 2.23. The lowest BCUT2D eigenvalue weighted by molar-refractivity contribution is -0.0281. The number of ether oxygens (including phenoxy) is 2. The van der Waals surface area contributed by atoms with Gasteiger partial charge in [-0.2, -0.15) is 0 Å².